The molecule has 0 unspecified atom stereocenters. The van der Waals surface area contributed by atoms with E-state index in [1.165, 1.54) is 5.01 Å². The fourth-order valence-corrected chi connectivity index (χ4v) is 5.32. The van der Waals surface area contributed by atoms with Crippen LogP contribution in [-0.4, -0.2) is 37.9 Å². The molecule has 0 aromatic heterocycles. The molecule has 4 rings (SSSR count). The third-order valence-electron chi connectivity index (χ3n) is 6.93. The molecule has 1 fully saturated rings. The fourth-order valence-electron chi connectivity index (χ4n) is 5.32. The van der Waals surface area contributed by atoms with E-state index in [2.05, 4.69) is 10.7 Å². The summed E-state index contributed by atoms with van der Waals surface area (Å²) in [6, 6.07) is 19.3. The van der Waals surface area contributed by atoms with Crippen LogP contribution in [0.25, 0.3) is 0 Å². The van der Waals surface area contributed by atoms with Crippen LogP contribution in [0.2, 0.25) is 0 Å². The monoisotopic (exact) mass is 547 g/mol. The number of hydrazine groups is 1. The third-order valence-corrected chi connectivity index (χ3v) is 6.93. The van der Waals surface area contributed by atoms with Crippen LogP contribution in [0.3, 0.4) is 0 Å². The molecule has 40 heavy (non-hydrogen) atoms. The Labute approximate surface area is 231 Å². The minimum atomic E-state index is -0.761. The van der Waals surface area contributed by atoms with E-state index in [9.17, 15) is 30.2 Å². The number of para-hydroxylation sites is 2. The molecule has 12 nitrogen and oxygen atoms in total. The number of nitro groups is 2. The van der Waals surface area contributed by atoms with Gasteiger partial charge >= 0.3 is 11.4 Å². The molecule has 1 radical (unpaired) electrons. The summed E-state index contributed by atoms with van der Waals surface area (Å²) >= 11 is 0. The lowest BCUT2D eigenvalue weighted by atomic mass is 9.79. The van der Waals surface area contributed by atoms with Crippen molar-refractivity contribution in [3.8, 4) is 0 Å². The Kier molecular flexibility index (Phi) is 7.76. The maximum absolute atomic E-state index is 13.3. The minimum Gasteiger partial charge on any atom is -0.349 e. The average molecular weight is 548 g/mol. The molecule has 0 spiro atoms. The van der Waals surface area contributed by atoms with Crippen LogP contribution < -0.4 is 15.8 Å². The maximum atomic E-state index is 13.3. The molecular formula is C28H31N6O6. The number of amides is 1. The molecule has 3 aromatic carbocycles. The molecule has 1 aliphatic rings. The van der Waals surface area contributed by atoms with Gasteiger partial charge in [-0.15, -0.1) is 10.3 Å². The molecule has 1 amide bonds. The van der Waals surface area contributed by atoms with Gasteiger partial charge in [0.15, 0.2) is 0 Å². The van der Waals surface area contributed by atoms with Gasteiger partial charge in [-0.1, -0.05) is 36.4 Å². The van der Waals surface area contributed by atoms with Crippen LogP contribution in [0, 0.1) is 20.2 Å². The number of rotatable bonds is 8. The number of hydroxylamine groups is 2. The highest BCUT2D eigenvalue weighted by atomic mass is 16.6. The second-order valence-corrected chi connectivity index (χ2v) is 11.0. The highest BCUT2D eigenvalue weighted by Gasteiger charge is 2.46. The normalized spacial score (nSPS) is 16.6. The van der Waals surface area contributed by atoms with Crippen LogP contribution in [-0.2, 0) is 5.21 Å². The van der Waals surface area contributed by atoms with Crippen molar-refractivity contribution in [2.24, 2.45) is 0 Å². The number of carbonyl (C=O) groups is 1. The number of nitro benzene ring substituents is 2. The lowest BCUT2D eigenvalue weighted by molar-refractivity contribution is -0.392. The Hall–Kier alpha value is -4.55. The minimum absolute atomic E-state index is 0.227. The Morgan fingerprint density at radius 1 is 0.850 bits per heavy atom. The van der Waals surface area contributed by atoms with E-state index < -0.39 is 44.2 Å². The number of piperidine rings is 1. The number of benzene rings is 3. The van der Waals surface area contributed by atoms with Crippen LogP contribution in [0.1, 0.15) is 50.9 Å². The first-order valence-corrected chi connectivity index (χ1v) is 12.7. The highest BCUT2D eigenvalue weighted by molar-refractivity contribution is 5.98. The van der Waals surface area contributed by atoms with Crippen molar-refractivity contribution in [2.45, 2.75) is 57.7 Å². The van der Waals surface area contributed by atoms with Crippen LogP contribution in [0.5, 0.6) is 0 Å². The lowest BCUT2D eigenvalue weighted by Gasteiger charge is -2.49. The standard InChI is InChI=1S/C28H31N6O6/c1-27(2)17-20(18-28(3,4)34(27)40)29-26(35)19-15-23(32(36)37)25(24(16-19)33(38)39)30-31(21-11-7-5-8-12-21)22-13-9-6-10-14-22/h5-16,20,30H,17-18H2,1-4H3,(H,29,35). The SMILES string of the molecule is CC1(C)CC(NC(=O)c2cc([N+](=O)[O-])c(NN(c3ccccc3)c3ccccc3)c([N+](=O)[O-])c2)CC(C)(C)N1[O]. The second-order valence-electron chi connectivity index (χ2n) is 11.0. The van der Waals surface area contributed by atoms with E-state index in [0.717, 1.165) is 17.2 Å². The summed E-state index contributed by atoms with van der Waals surface area (Å²) in [4.78, 5) is 36.1. The molecule has 0 saturated carbocycles. The van der Waals surface area contributed by atoms with Crippen molar-refractivity contribution in [3.05, 3.63) is 98.6 Å². The van der Waals surface area contributed by atoms with E-state index in [-0.39, 0.29) is 11.3 Å². The van der Waals surface area contributed by atoms with E-state index in [1.54, 1.807) is 88.4 Å². The van der Waals surface area contributed by atoms with Gasteiger partial charge in [0.2, 0.25) is 5.69 Å². The molecule has 1 aliphatic heterocycles. The third kappa shape index (κ3) is 5.87. The van der Waals surface area contributed by atoms with E-state index >= 15 is 0 Å². The van der Waals surface area contributed by atoms with Crippen molar-refractivity contribution >= 4 is 34.3 Å². The number of hydrogen-bond acceptors (Lipinski definition) is 8. The Bertz CT molecular complexity index is 1320. The molecule has 209 valence electrons. The van der Waals surface area contributed by atoms with Gasteiger partial charge in [-0.25, -0.2) is 0 Å². The van der Waals surface area contributed by atoms with E-state index in [0.29, 0.717) is 24.2 Å². The molecule has 1 heterocycles. The van der Waals surface area contributed by atoms with Gasteiger partial charge in [0, 0.05) is 29.3 Å². The van der Waals surface area contributed by atoms with Crippen molar-refractivity contribution in [3.63, 3.8) is 0 Å². The molecular weight excluding hydrogens is 516 g/mol. The lowest BCUT2D eigenvalue weighted by Crippen LogP contribution is -2.62. The van der Waals surface area contributed by atoms with E-state index in [4.69, 9.17) is 0 Å². The van der Waals surface area contributed by atoms with Crippen molar-refractivity contribution in [2.75, 3.05) is 10.4 Å². The second kappa shape index (κ2) is 10.9. The number of hydrogen-bond donors (Lipinski definition) is 2. The van der Waals surface area contributed by atoms with E-state index in [1.807, 2.05) is 0 Å². The molecule has 1 saturated heterocycles. The predicted octanol–water partition coefficient (Wildman–Crippen LogP) is 5.77. The first-order chi connectivity index (χ1) is 18.8. The molecule has 0 aliphatic carbocycles. The van der Waals surface area contributed by atoms with Gasteiger partial charge < -0.3 is 5.32 Å². The number of nitrogens with zero attached hydrogens (tertiary/aromatic N) is 4. The first kappa shape index (κ1) is 28.5. The summed E-state index contributed by atoms with van der Waals surface area (Å²) in [5.74, 6) is -0.698. The summed E-state index contributed by atoms with van der Waals surface area (Å²) in [7, 11) is 0. The molecule has 2 N–H and O–H groups in total. The molecule has 3 aromatic rings. The van der Waals surface area contributed by atoms with Crippen LogP contribution in [0.4, 0.5) is 28.4 Å². The van der Waals surface area contributed by atoms with Gasteiger partial charge in [-0.3, -0.25) is 35.5 Å². The molecule has 0 atom stereocenters. The molecule has 12 heteroatoms. The first-order valence-electron chi connectivity index (χ1n) is 12.7. The number of carbonyl (C=O) groups excluding carboxylic acids is 1. The van der Waals surface area contributed by atoms with Gasteiger partial charge in [-0.05, 0) is 64.8 Å². The highest BCUT2D eigenvalue weighted by Crippen LogP contribution is 2.40. The van der Waals surface area contributed by atoms with Gasteiger partial charge in [0.25, 0.3) is 5.91 Å². The zero-order chi connectivity index (χ0) is 29.2. The van der Waals surface area contributed by atoms with Crippen molar-refractivity contribution in [1.82, 2.24) is 10.4 Å². The number of anilines is 3. The van der Waals surface area contributed by atoms with Gasteiger partial charge in [0.05, 0.1) is 26.8 Å². The van der Waals surface area contributed by atoms with Crippen molar-refractivity contribution < 1.29 is 19.8 Å². The largest absolute Gasteiger partial charge is 0.349 e. The van der Waals surface area contributed by atoms with Gasteiger partial charge in [0.1, 0.15) is 0 Å². The summed E-state index contributed by atoms with van der Waals surface area (Å²) in [6.45, 7) is 7.12. The predicted molar refractivity (Wildman–Crippen MR) is 150 cm³/mol. The Morgan fingerprint density at radius 2 is 1.27 bits per heavy atom. The zero-order valence-electron chi connectivity index (χ0n) is 22.7. The quantitative estimate of drug-likeness (QED) is 0.266. The zero-order valence-corrected chi connectivity index (χ0v) is 22.7. The Morgan fingerprint density at radius 3 is 1.68 bits per heavy atom. The van der Waals surface area contributed by atoms with Crippen LogP contribution >= 0.6 is 0 Å². The average Bonchev–Trinajstić information content (AvgIpc) is 2.90. The Balaban J connectivity index is 1.73. The van der Waals surface area contributed by atoms with Crippen molar-refractivity contribution in [1.29, 1.82) is 0 Å². The maximum Gasteiger partial charge on any atom is 0.302 e. The summed E-state index contributed by atoms with van der Waals surface area (Å²) in [5.41, 5.74) is 0.632. The fraction of sp³-hybridized carbons (Fsp3) is 0.321. The topological polar surface area (TPSA) is 154 Å². The number of nitrogens with one attached hydrogen (secondary N) is 2. The summed E-state index contributed by atoms with van der Waals surface area (Å²) in [5, 5.41) is 42.4. The summed E-state index contributed by atoms with van der Waals surface area (Å²) in [6.07, 6.45) is 0.692. The van der Waals surface area contributed by atoms with Crippen LogP contribution in [0.15, 0.2) is 72.8 Å². The summed E-state index contributed by atoms with van der Waals surface area (Å²) < 4.78 is 0. The van der Waals surface area contributed by atoms with Gasteiger partial charge in [-0.2, -0.15) is 0 Å². The smallest absolute Gasteiger partial charge is 0.302 e. The molecule has 0 bridgehead atoms.